The van der Waals surface area contributed by atoms with Crippen molar-refractivity contribution >= 4 is 17.5 Å². The minimum Gasteiger partial charge on any atom is -0.350 e. The minimum absolute atomic E-state index is 0.252. The topological polar surface area (TPSA) is 66.9 Å². The molecule has 0 aliphatic carbocycles. The maximum absolute atomic E-state index is 13.6. The van der Waals surface area contributed by atoms with Crippen LogP contribution in [0, 0.1) is 5.82 Å². The minimum atomic E-state index is -0.324. The van der Waals surface area contributed by atoms with Gasteiger partial charge in [0.2, 0.25) is 5.95 Å². The summed E-state index contributed by atoms with van der Waals surface area (Å²) in [6.07, 6.45) is 1.93. The predicted octanol–water partition coefficient (Wildman–Crippen LogP) is 3.33. The number of nitrogens with zero attached hydrogens (tertiary/aromatic N) is 2. The summed E-state index contributed by atoms with van der Waals surface area (Å²) in [5.74, 6) is -0.254. The second kappa shape index (κ2) is 8.01. The lowest BCUT2D eigenvalue weighted by atomic mass is 10.1. The molecule has 0 unspecified atom stereocenters. The van der Waals surface area contributed by atoms with E-state index in [0.29, 0.717) is 24.5 Å². The van der Waals surface area contributed by atoms with Gasteiger partial charge >= 0.3 is 0 Å². The number of rotatable bonds is 6. The largest absolute Gasteiger partial charge is 0.350 e. The number of amides is 1. The van der Waals surface area contributed by atoms with Crippen LogP contribution >= 0.6 is 0 Å². The van der Waals surface area contributed by atoms with Crippen molar-refractivity contribution in [2.45, 2.75) is 6.42 Å². The molecular weight excluding hydrogens is 319 g/mol. The summed E-state index contributed by atoms with van der Waals surface area (Å²) in [6, 6.07) is 17.5. The van der Waals surface area contributed by atoms with Gasteiger partial charge in [0.25, 0.3) is 5.91 Å². The lowest BCUT2D eigenvalue weighted by molar-refractivity contribution is 0.0949. The van der Waals surface area contributed by atoms with Gasteiger partial charge in [-0.1, -0.05) is 36.4 Å². The van der Waals surface area contributed by atoms with Crippen LogP contribution in [0.1, 0.15) is 16.1 Å². The maximum atomic E-state index is 13.6. The number of anilines is 2. The Labute approximate surface area is 145 Å². The molecule has 0 aliphatic heterocycles. The zero-order valence-electron chi connectivity index (χ0n) is 13.4. The SMILES string of the molecule is O=C(NCCc1ccccc1F)c1ccnc(Nc2ccccc2)n1. The third kappa shape index (κ3) is 4.60. The Hall–Kier alpha value is -3.28. The normalized spacial score (nSPS) is 10.3. The van der Waals surface area contributed by atoms with E-state index in [0.717, 1.165) is 5.69 Å². The second-order valence-electron chi connectivity index (χ2n) is 5.35. The molecule has 0 fully saturated rings. The van der Waals surface area contributed by atoms with Crippen molar-refractivity contribution in [2.75, 3.05) is 11.9 Å². The van der Waals surface area contributed by atoms with Crippen molar-refractivity contribution in [3.63, 3.8) is 0 Å². The van der Waals surface area contributed by atoms with Crippen molar-refractivity contribution in [3.05, 3.63) is 83.9 Å². The standard InChI is InChI=1S/C19H17FN4O/c20-16-9-5-4-6-14(16)10-12-21-18(25)17-11-13-22-19(24-17)23-15-7-2-1-3-8-15/h1-9,11,13H,10,12H2,(H,21,25)(H,22,23,24). The van der Waals surface area contributed by atoms with Crippen molar-refractivity contribution in [2.24, 2.45) is 0 Å². The Morgan fingerprint density at radius 3 is 2.56 bits per heavy atom. The molecule has 6 heteroatoms. The molecule has 25 heavy (non-hydrogen) atoms. The first-order valence-electron chi connectivity index (χ1n) is 7.89. The van der Waals surface area contributed by atoms with Gasteiger partial charge in [0.15, 0.2) is 0 Å². The van der Waals surface area contributed by atoms with Crippen LogP contribution in [0.15, 0.2) is 66.9 Å². The quantitative estimate of drug-likeness (QED) is 0.724. The molecule has 1 amide bonds. The van der Waals surface area contributed by atoms with Gasteiger partial charge in [-0.05, 0) is 36.2 Å². The number of hydrogen-bond donors (Lipinski definition) is 2. The molecule has 1 aromatic heterocycles. The Bertz CT molecular complexity index is 855. The molecule has 2 aromatic carbocycles. The molecule has 3 aromatic rings. The van der Waals surface area contributed by atoms with E-state index in [9.17, 15) is 9.18 Å². The van der Waals surface area contributed by atoms with Crippen LogP contribution in [0.3, 0.4) is 0 Å². The first kappa shape index (κ1) is 16.6. The first-order chi connectivity index (χ1) is 12.2. The van der Waals surface area contributed by atoms with Crippen LogP contribution in [-0.4, -0.2) is 22.4 Å². The van der Waals surface area contributed by atoms with Crippen LogP contribution in [-0.2, 0) is 6.42 Å². The average molecular weight is 336 g/mol. The Morgan fingerprint density at radius 1 is 1.00 bits per heavy atom. The van der Waals surface area contributed by atoms with E-state index in [1.807, 2.05) is 30.3 Å². The smallest absolute Gasteiger partial charge is 0.270 e. The Balaban J connectivity index is 1.59. The van der Waals surface area contributed by atoms with Gasteiger partial charge in [0, 0.05) is 18.4 Å². The molecule has 0 atom stereocenters. The third-order valence-electron chi connectivity index (χ3n) is 3.56. The number of halogens is 1. The van der Waals surface area contributed by atoms with Gasteiger partial charge in [0.05, 0.1) is 0 Å². The molecule has 1 heterocycles. The molecule has 3 rings (SSSR count). The van der Waals surface area contributed by atoms with Gasteiger partial charge in [-0.25, -0.2) is 14.4 Å². The molecular formula is C19H17FN4O. The van der Waals surface area contributed by atoms with E-state index in [1.54, 1.807) is 18.2 Å². The van der Waals surface area contributed by atoms with E-state index < -0.39 is 0 Å². The molecule has 0 radical (unpaired) electrons. The zero-order chi connectivity index (χ0) is 17.5. The van der Waals surface area contributed by atoms with E-state index in [1.165, 1.54) is 18.3 Å². The molecule has 126 valence electrons. The number of carbonyl (C=O) groups excluding carboxylic acids is 1. The summed E-state index contributed by atoms with van der Waals surface area (Å²) in [6.45, 7) is 0.325. The molecule has 2 N–H and O–H groups in total. The molecule has 0 aliphatic rings. The summed E-state index contributed by atoms with van der Waals surface area (Å²) in [5.41, 5.74) is 1.65. The second-order valence-corrected chi connectivity index (χ2v) is 5.35. The van der Waals surface area contributed by atoms with Gasteiger partial charge in [-0.3, -0.25) is 4.79 Å². The molecule has 5 nitrogen and oxygen atoms in total. The molecule has 0 spiro atoms. The van der Waals surface area contributed by atoms with Crippen LogP contribution in [0.25, 0.3) is 0 Å². The van der Waals surface area contributed by atoms with E-state index in [-0.39, 0.29) is 17.4 Å². The number of nitrogens with one attached hydrogen (secondary N) is 2. The van der Waals surface area contributed by atoms with Gasteiger partial charge in [-0.2, -0.15) is 0 Å². The number of carbonyl (C=O) groups is 1. The highest BCUT2D eigenvalue weighted by Crippen LogP contribution is 2.11. The highest BCUT2D eigenvalue weighted by Gasteiger charge is 2.09. The van der Waals surface area contributed by atoms with Crippen LogP contribution in [0.2, 0.25) is 0 Å². The highest BCUT2D eigenvalue weighted by atomic mass is 19.1. The Morgan fingerprint density at radius 2 is 1.76 bits per heavy atom. The van der Waals surface area contributed by atoms with E-state index >= 15 is 0 Å². The molecule has 0 saturated carbocycles. The van der Waals surface area contributed by atoms with Crippen molar-refractivity contribution in [1.82, 2.24) is 15.3 Å². The zero-order valence-corrected chi connectivity index (χ0v) is 13.4. The van der Waals surface area contributed by atoms with Crippen LogP contribution in [0.4, 0.5) is 16.0 Å². The van der Waals surface area contributed by atoms with Crippen molar-refractivity contribution in [1.29, 1.82) is 0 Å². The summed E-state index contributed by atoms with van der Waals surface area (Å²) in [5, 5.41) is 5.78. The van der Waals surface area contributed by atoms with E-state index in [4.69, 9.17) is 0 Å². The van der Waals surface area contributed by atoms with Gasteiger partial charge in [-0.15, -0.1) is 0 Å². The summed E-state index contributed by atoms with van der Waals surface area (Å²) in [4.78, 5) is 20.5. The lowest BCUT2D eigenvalue weighted by Gasteiger charge is -2.08. The number of para-hydroxylation sites is 1. The fourth-order valence-electron chi connectivity index (χ4n) is 2.30. The Kier molecular flexibility index (Phi) is 5.31. The van der Waals surface area contributed by atoms with Gasteiger partial charge in [0.1, 0.15) is 11.5 Å². The first-order valence-corrected chi connectivity index (χ1v) is 7.89. The monoisotopic (exact) mass is 336 g/mol. The number of benzene rings is 2. The van der Waals surface area contributed by atoms with Crippen molar-refractivity contribution in [3.8, 4) is 0 Å². The van der Waals surface area contributed by atoms with Gasteiger partial charge < -0.3 is 10.6 Å². The highest BCUT2D eigenvalue weighted by molar-refractivity contribution is 5.92. The summed E-state index contributed by atoms with van der Waals surface area (Å²) in [7, 11) is 0. The predicted molar refractivity (Wildman–Crippen MR) is 94.2 cm³/mol. The third-order valence-corrected chi connectivity index (χ3v) is 3.56. The summed E-state index contributed by atoms with van der Waals surface area (Å²) >= 11 is 0. The average Bonchev–Trinajstić information content (AvgIpc) is 2.64. The van der Waals surface area contributed by atoms with Crippen molar-refractivity contribution < 1.29 is 9.18 Å². The fourth-order valence-corrected chi connectivity index (χ4v) is 2.30. The number of aromatic nitrogens is 2. The van der Waals surface area contributed by atoms with Crippen LogP contribution in [0.5, 0.6) is 0 Å². The summed E-state index contributed by atoms with van der Waals surface area (Å²) < 4.78 is 13.6. The lowest BCUT2D eigenvalue weighted by Crippen LogP contribution is -2.27. The molecule has 0 bridgehead atoms. The molecule has 0 saturated heterocycles. The van der Waals surface area contributed by atoms with E-state index in [2.05, 4.69) is 20.6 Å². The number of hydrogen-bond acceptors (Lipinski definition) is 4. The fraction of sp³-hybridized carbons (Fsp3) is 0.105. The van der Waals surface area contributed by atoms with Crippen LogP contribution < -0.4 is 10.6 Å². The maximum Gasteiger partial charge on any atom is 0.270 e.